The molecule has 0 saturated carbocycles. The number of benzene rings is 1. The average molecular weight is 274 g/mol. The molecule has 108 valence electrons. The Labute approximate surface area is 120 Å². The van der Waals surface area contributed by atoms with Gasteiger partial charge in [-0.25, -0.2) is 0 Å². The van der Waals surface area contributed by atoms with Crippen LogP contribution in [0.1, 0.15) is 32.6 Å². The summed E-state index contributed by atoms with van der Waals surface area (Å²) in [7, 11) is 0. The second-order valence-electron chi connectivity index (χ2n) is 5.12. The van der Waals surface area contributed by atoms with Crippen molar-refractivity contribution < 1.29 is 9.47 Å². The lowest BCUT2D eigenvalue weighted by Gasteiger charge is -2.30. The highest BCUT2D eigenvalue weighted by atomic mass is 16.5. The van der Waals surface area contributed by atoms with Crippen molar-refractivity contribution in [2.24, 2.45) is 0 Å². The summed E-state index contributed by atoms with van der Waals surface area (Å²) in [6, 6.07) is 10.2. The van der Waals surface area contributed by atoms with Gasteiger partial charge in [0.1, 0.15) is 11.8 Å². The first-order valence-electron chi connectivity index (χ1n) is 7.29. The van der Waals surface area contributed by atoms with Crippen LogP contribution < -0.4 is 10.1 Å². The van der Waals surface area contributed by atoms with Gasteiger partial charge in [0.2, 0.25) is 0 Å². The highest BCUT2D eigenvalue weighted by molar-refractivity contribution is 5.49. The van der Waals surface area contributed by atoms with Gasteiger partial charge in [0.25, 0.3) is 0 Å². The van der Waals surface area contributed by atoms with Gasteiger partial charge in [-0.3, -0.25) is 0 Å². The third kappa shape index (κ3) is 4.43. The van der Waals surface area contributed by atoms with E-state index in [0.717, 1.165) is 43.7 Å². The summed E-state index contributed by atoms with van der Waals surface area (Å²) in [5, 5.41) is 12.1. The zero-order valence-electron chi connectivity index (χ0n) is 12.0. The minimum Gasteiger partial charge on any atom is -0.479 e. The molecule has 20 heavy (non-hydrogen) atoms. The van der Waals surface area contributed by atoms with Gasteiger partial charge in [-0.2, -0.15) is 5.26 Å². The summed E-state index contributed by atoms with van der Waals surface area (Å²) < 4.78 is 11.1. The van der Waals surface area contributed by atoms with Crippen LogP contribution in [-0.2, 0) is 4.74 Å². The number of anilines is 1. The van der Waals surface area contributed by atoms with Gasteiger partial charge < -0.3 is 14.8 Å². The van der Waals surface area contributed by atoms with Crippen LogP contribution in [0.4, 0.5) is 5.69 Å². The molecule has 2 rings (SSSR count). The lowest BCUT2D eigenvalue weighted by molar-refractivity contribution is 0.00598. The Bertz CT molecular complexity index is 454. The molecule has 4 nitrogen and oxygen atoms in total. The van der Waals surface area contributed by atoms with Crippen molar-refractivity contribution in [3.8, 4) is 11.8 Å². The smallest absolute Gasteiger partial charge is 0.174 e. The molecule has 0 bridgehead atoms. The van der Waals surface area contributed by atoms with Gasteiger partial charge in [-0.15, -0.1) is 0 Å². The number of nitriles is 1. The van der Waals surface area contributed by atoms with Crippen LogP contribution in [0.5, 0.6) is 5.75 Å². The van der Waals surface area contributed by atoms with Crippen LogP contribution in [0.15, 0.2) is 24.3 Å². The van der Waals surface area contributed by atoms with E-state index in [0.29, 0.717) is 12.1 Å². The first kappa shape index (κ1) is 14.7. The molecule has 1 saturated heterocycles. The summed E-state index contributed by atoms with van der Waals surface area (Å²) in [5.74, 6) is 0.730. The minimum atomic E-state index is 0.0826. The van der Waals surface area contributed by atoms with Crippen molar-refractivity contribution in [3.63, 3.8) is 0 Å². The molecule has 0 aromatic heterocycles. The van der Waals surface area contributed by atoms with Gasteiger partial charge in [-0.05, 0) is 31.4 Å². The number of ether oxygens (including phenoxy) is 2. The summed E-state index contributed by atoms with van der Waals surface area (Å²) in [5.41, 5.74) is 1.04. The van der Waals surface area contributed by atoms with Gasteiger partial charge in [0, 0.05) is 24.4 Å². The van der Waals surface area contributed by atoms with Crippen molar-refractivity contribution in [2.45, 2.75) is 44.8 Å². The SMILES string of the molecule is CCCC1CC(Nc2cccc(OCC#N)c2)CCO1. The van der Waals surface area contributed by atoms with Crippen LogP contribution in [0.25, 0.3) is 0 Å². The molecule has 0 aliphatic carbocycles. The molecule has 2 atom stereocenters. The van der Waals surface area contributed by atoms with Gasteiger partial charge in [0.15, 0.2) is 6.61 Å². The molecule has 4 heteroatoms. The van der Waals surface area contributed by atoms with Crippen molar-refractivity contribution >= 4 is 5.69 Å². The molecular formula is C16H22N2O2. The van der Waals surface area contributed by atoms with Crippen LogP contribution in [-0.4, -0.2) is 25.4 Å². The van der Waals surface area contributed by atoms with Crippen molar-refractivity contribution in [1.82, 2.24) is 0 Å². The number of hydrogen-bond donors (Lipinski definition) is 1. The van der Waals surface area contributed by atoms with Crippen LogP contribution in [0.3, 0.4) is 0 Å². The molecule has 1 aliphatic rings. The van der Waals surface area contributed by atoms with E-state index >= 15 is 0 Å². The van der Waals surface area contributed by atoms with Gasteiger partial charge in [-0.1, -0.05) is 19.4 Å². The fourth-order valence-corrected chi connectivity index (χ4v) is 2.56. The largest absolute Gasteiger partial charge is 0.479 e. The Kier molecular flexibility index (Phi) is 5.69. The van der Waals surface area contributed by atoms with E-state index in [4.69, 9.17) is 14.7 Å². The summed E-state index contributed by atoms with van der Waals surface area (Å²) in [6.07, 6.45) is 4.75. The molecule has 1 fully saturated rings. The predicted octanol–water partition coefficient (Wildman–Crippen LogP) is 3.35. The van der Waals surface area contributed by atoms with Crippen LogP contribution >= 0.6 is 0 Å². The molecule has 1 N–H and O–H groups in total. The third-order valence-electron chi connectivity index (χ3n) is 3.49. The maximum Gasteiger partial charge on any atom is 0.174 e. The van der Waals surface area contributed by atoms with Crippen LogP contribution in [0, 0.1) is 11.3 Å². The van der Waals surface area contributed by atoms with Gasteiger partial charge in [0.05, 0.1) is 6.10 Å². The third-order valence-corrected chi connectivity index (χ3v) is 3.49. The maximum absolute atomic E-state index is 8.53. The number of rotatable bonds is 6. The average Bonchev–Trinajstić information content (AvgIpc) is 2.46. The van der Waals surface area contributed by atoms with Crippen molar-refractivity contribution in [3.05, 3.63) is 24.3 Å². The highest BCUT2D eigenvalue weighted by Gasteiger charge is 2.21. The monoisotopic (exact) mass is 274 g/mol. The molecule has 0 amide bonds. The normalized spacial score (nSPS) is 22.0. The number of nitrogens with one attached hydrogen (secondary N) is 1. The lowest BCUT2D eigenvalue weighted by atomic mass is 10.00. The quantitative estimate of drug-likeness (QED) is 0.864. The topological polar surface area (TPSA) is 54.3 Å². The Morgan fingerprint density at radius 2 is 2.40 bits per heavy atom. The summed E-state index contributed by atoms with van der Waals surface area (Å²) in [4.78, 5) is 0. The summed E-state index contributed by atoms with van der Waals surface area (Å²) in [6.45, 7) is 3.10. The molecule has 1 heterocycles. The lowest BCUT2D eigenvalue weighted by Crippen LogP contribution is -2.33. The fraction of sp³-hybridized carbons (Fsp3) is 0.562. The molecule has 1 aliphatic heterocycles. The van der Waals surface area contributed by atoms with E-state index in [1.165, 1.54) is 0 Å². The first-order valence-corrected chi connectivity index (χ1v) is 7.29. The van der Waals surface area contributed by atoms with Crippen molar-refractivity contribution in [1.29, 1.82) is 5.26 Å². The molecule has 1 aromatic carbocycles. The molecule has 0 spiro atoms. The minimum absolute atomic E-state index is 0.0826. The van der Waals surface area contributed by atoms with Crippen LogP contribution in [0.2, 0.25) is 0 Å². The van der Waals surface area contributed by atoms with E-state index in [9.17, 15) is 0 Å². The zero-order chi connectivity index (χ0) is 14.2. The first-order chi connectivity index (χ1) is 9.81. The Balaban J connectivity index is 1.90. The number of nitrogens with zero attached hydrogens (tertiary/aromatic N) is 1. The Morgan fingerprint density at radius 3 is 3.20 bits per heavy atom. The zero-order valence-corrected chi connectivity index (χ0v) is 12.0. The molecule has 0 radical (unpaired) electrons. The molecule has 2 unspecified atom stereocenters. The highest BCUT2D eigenvalue weighted by Crippen LogP contribution is 2.23. The fourth-order valence-electron chi connectivity index (χ4n) is 2.56. The van der Waals surface area contributed by atoms with Gasteiger partial charge >= 0.3 is 0 Å². The van der Waals surface area contributed by atoms with E-state index in [1.807, 2.05) is 30.3 Å². The van der Waals surface area contributed by atoms with E-state index in [1.54, 1.807) is 0 Å². The number of hydrogen-bond acceptors (Lipinski definition) is 4. The Morgan fingerprint density at radius 1 is 1.50 bits per heavy atom. The van der Waals surface area contributed by atoms with E-state index in [2.05, 4.69) is 12.2 Å². The molecular weight excluding hydrogens is 252 g/mol. The summed E-state index contributed by atoms with van der Waals surface area (Å²) >= 11 is 0. The maximum atomic E-state index is 8.53. The Hall–Kier alpha value is -1.73. The van der Waals surface area contributed by atoms with E-state index < -0.39 is 0 Å². The molecule has 1 aromatic rings. The van der Waals surface area contributed by atoms with E-state index in [-0.39, 0.29) is 6.61 Å². The standard InChI is InChI=1S/C16H22N2O2/c1-2-4-15-12-14(7-9-19-15)18-13-5-3-6-16(11-13)20-10-8-17/h3,5-6,11,14-15,18H,2,4,7,9-10,12H2,1H3. The second kappa shape index (κ2) is 7.76. The van der Waals surface area contributed by atoms with Crippen molar-refractivity contribution in [2.75, 3.05) is 18.5 Å². The predicted molar refractivity (Wildman–Crippen MR) is 78.8 cm³/mol. The second-order valence-corrected chi connectivity index (χ2v) is 5.12.